The monoisotopic (exact) mass is 394 g/mol. The SMILES string of the molecule is O=C1NC(=O)C(c2c[nH]c3ccccc23)=C1C1=COc2cc3ccccc3cc2O1. The van der Waals surface area contributed by atoms with Gasteiger partial charge in [0.1, 0.15) is 6.26 Å². The summed E-state index contributed by atoms with van der Waals surface area (Å²) in [5.41, 5.74) is 1.93. The molecule has 0 radical (unpaired) electrons. The second-order valence-electron chi connectivity index (χ2n) is 7.13. The summed E-state index contributed by atoms with van der Waals surface area (Å²) in [5, 5.41) is 5.23. The van der Waals surface area contributed by atoms with Crippen molar-refractivity contribution in [2.75, 3.05) is 0 Å². The Morgan fingerprint density at radius 3 is 2.30 bits per heavy atom. The van der Waals surface area contributed by atoms with Gasteiger partial charge in [-0.3, -0.25) is 14.9 Å². The Morgan fingerprint density at radius 2 is 1.47 bits per heavy atom. The summed E-state index contributed by atoms with van der Waals surface area (Å²) in [5.74, 6) is 0.259. The van der Waals surface area contributed by atoms with Crippen molar-refractivity contribution in [1.29, 1.82) is 0 Å². The highest BCUT2D eigenvalue weighted by atomic mass is 16.6. The Balaban J connectivity index is 1.50. The van der Waals surface area contributed by atoms with Gasteiger partial charge in [0.2, 0.25) is 0 Å². The van der Waals surface area contributed by atoms with Gasteiger partial charge in [-0.1, -0.05) is 42.5 Å². The zero-order valence-electron chi connectivity index (χ0n) is 15.6. The maximum absolute atomic E-state index is 12.7. The van der Waals surface area contributed by atoms with Gasteiger partial charge in [0.15, 0.2) is 17.3 Å². The summed E-state index contributed by atoms with van der Waals surface area (Å²) in [6.07, 6.45) is 3.10. The van der Waals surface area contributed by atoms with Crippen LogP contribution in [0.1, 0.15) is 5.56 Å². The van der Waals surface area contributed by atoms with Gasteiger partial charge in [0, 0.05) is 22.7 Å². The van der Waals surface area contributed by atoms with E-state index in [1.807, 2.05) is 60.7 Å². The number of aromatic nitrogens is 1. The number of imide groups is 1. The van der Waals surface area contributed by atoms with Crippen LogP contribution in [0.3, 0.4) is 0 Å². The molecular weight excluding hydrogens is 380 g/mol. The molecule has 0 unspecified atom stereocenters. The first-order valence-corrected chi connectivity index (χ1v) is 9.43. The highest BCUT2D eigenvalue weighted by Gasteiger charge is 2.37. The maximum atomic E-state index is 12.7. The molecule has 0 saturated carbocycles. The van der Waals surface area contributed by atoms with Crippen LogP contribution in [0.5, 0.6) is 11.5 Å². The van der Waals surface area contributed by atoms with Crippen LogP contribution in [-0.4, -0.2) is 16.8 Å². The van der Waals surface area contributed by atoms with Gasteiger partial charge in [0.25, 0.3) is 11.8 Å². The first kappa shape index (κ1) is 16.6. The number of benzene rings is 3. The van der Waals surface area contributed by atoms with E-state index in [9.17, 15) is 9.59 Å². The molecule has 0 saturated heterocycles. The Hall–Kier alpha value is -4.32. The molecule has 0 fully saturated rings. The van der Waals surface area contributed by atoms with Gasteiger partial charge in [0.05, 0.1) is 11.1 Å². The van der Waals surface area contributed by atoms with Crippen LogP contribution in [0.15, 0.2) is 84.5 Å². The van der Waals surface area contributed by atoms with Gasteiger partial charge in [-0.05, 0) is 29.0 Å². The third-order valence-corrected chi connectivity index (χ3v) is 5.36. The number of hydrogen-bond acceptors (Lipinski definition) is 4. The zero-order chi connectivity index (χ0) is 20.2. The lowest BCUT2D eigenvalue weighted by Gasteiger charge is -2.19. The van der Waals surface area contributed by atoms with E-state index in [-0.39, 0.29) is 16.9 Å². The van der Waals surface area contributed by atoms with Crippen LogP contribution >= 0.6 is 0 Å². The molecule has 4 aromatic rings. The van der Waals surface area contributed by atoms with Crippen LogP contribution in [0.25, 0.3) is 27.2 Å². The largest absolute Gasteiger partial charge is 0.457 e. The smallest absolute Gasteiger partial charge is 0.262 e. The lowest BCUT2D eigenvalue weighted by Crippen LogP contribution is -2.24. The fraction of sp³-hybridized carbons (Fsp3) is 0. The fourth-order valence-corrected chi connectivity index (χ4v) is 3.97. The Morgan fingerprint density at radius 1 is 0.767 bits per heavy atom. The number of hydrogen-bond donors (Lipinski definition) is 2. The number of aromatic amines is 1. The zero-order valence-corrected chi connectivity index (χ0v) is 15.6. The van der Waals surface area contributed by atoms with Gasteiger partial charge in [-0.25, -0.2) is 0 Å². The summed E-state index contributed by atoms with van der Waals surface area (Å²) in [6, 6.07) is 19.2. The van der Waals surface area contributed by atoms with Crippen molar-refractivity contribution in [1.82, 2.24) is 10.3 Å². The highest BCUT2D eigenvalue weighted by Crippen LogP contribution is 2.40. The molecule has 2 aliphatic rings. The summed E-state index contributed by atoms with van der Waals surface area (Å²) in [7, 11) is 0. The van der Waals surface area contributed by atoms with Crippen molar-refractivity contribution in [3.63, 3.8) is 0 Å². The Labute approximate surface area is 170 Å². The third kappa shape index (κ3) is 2.37. The second kappa shape index (κ2) is 6.09. The fourth-order valence-electron chi connectivity index (χ4n) is 3.97. The third-order valence-electron chi connectivity index (χ3n) is 5.36. The van der Waals surface area contributed by atoms with Gasteiger partial charge in [-0.2, -0.15) is 0 Å². The van der Waals surface area contributed by atoms with E-state index in [1.165, 1.54) is 6.26 Å². The summed E-state index contributed by atoms with van der Waals surface area (Å²) < 4.78 is 11.8. The molecule has 0 atom stereocenters. The lowest BCUT2D eigenvalue weighted by molar-refractivity contribution is -0.123. The highest BCUT2D eigenvalue weighted by molar-refractivity contribution is 6.38. The summed E-state index contributed by atoms with van der Waals surface area (Å²) in [4.78, 5) is 28.5. The van der Waals surface area contributed by atoms with Crippen LogP contribution in [0, 0.1) is 0 Å². The van der Waals surface area contributed by atoms with E-state index in [0.717, 1.165) is 21.7 Å². The predicted octanol–water partition coefficient (Wildman–Crippen LogP) is 4.04. The maximum Gasteiger partial charge on any atom is 0.262 e. The first-order chi connectivity index (χ1) is 14.7. The van der Waals surface area contributed by atoms with Crippen molar-refractivity contribution >= 4 is 39.1 Å². The molecule has 0 bridgehead atoms. The number of H-pyrrole nitrogens is 1. The molecule has 6 heteroatoms. The van der Waals surface area contributed by atoms with Crippen LogP contribution in [0.4, 0.5) is 0 Å². The molecule has 6 nitrogen and oxygen atoms in total. The molecular formula is C24H14N2O4. The minimum absolute atomic E-state index is 0.156. The number of amides is 2. The van der Waals surface area contributed by atoms with E-state index in [2.05, 4.69) is 10.3 Å². The Bertz CT molecular complexity index is 1460. The molecule has 6 rings (SSSR count). The quantitative estimate of drug-likeness (QED) is 0.503. The molecule has 0 aliphatic carbocycles. The first-order valence-electron chi connectivity index (χ1n) is 9.43. The second-order valence-corrected chi connectivity index (χ2v) is 7.13. The average Bonchev–Trinajstić information content (AvgIpc) is 3.31. The van der Waals surface area contributed by atoms with Crippen molar-refractivity contribution < 1.29 is 19.1 Å². The minimum atomic E-state index is -0.514. The van der Waals surface area contributed by atoms with Crippen molar-refractivity contribution in [2.45, 2.75) is 0 Å². The van der Waals surface area contributed by atoms with Crippen molar-refractivity contribution in [3.05, 3.63) is 90.0 Å². The summed E-state index contributed by atoms with van der Waals surface area (Å²) in [6.45, 7) is 0. The number of nitrogens with one attached hydrogen (secondary N) is 2. The van der Waals surface area contributed by atoms with E-state index in [4.69, 9.17) is 9.47 Å². The number of carbonyl (C=O) groups excluding carboxylic acids is 2. The molecule has 30 heavy (non-hydrogen) atoms. The molecule has 2 aliphatic heterocycles. The van der Waals surface area contributed by atoms with Crippen molar-refractivity contribution in [2.24, 2.45) is 0 Å². The topological polar surface area (TPSA) is 80.4 Å². The van der Waals surface area contributed by atoms with Crippen molar-refractivity contribution in [3.8, 4) is 11.5 Å². The van der Waals surface area contributed by atoms with Crippen LogP contribution in [0.2, 0.25) is 0 Å². The number of fused-ring (bicyclic) bond motifs is 3. The molecule has 1 aromatic heterocycles. The number of rotatable bonds is 2. The average molecular weight is 394 g/mol. The van der Waals surface area contributed by atoms with E-state index >= 15 is 0 Å². The predicted molar refractivity (Wildman–Crippen MR) is 112 cm³/mol. The molecule has 144 valence electrons. The minimum Gasteiger partial charge on any atom is -0.457 e. The number of ether oxygens (including phenoxy) is 2. The lowest BCUT2D eigenvalue weighted by atomic mass is 9.99. The number of carbonyl (C=O) groups is 2. The Kier molecular flexibility index (Phi) is 3.37. The summed E-state index contributed by atoms with van der Waals surface area (Å²) >= 11 is 0. The van der Waals surface area contributed by atoms with Crippen LogP contribution < -0.4 is 14.8 Å². The molecule has 3 aromatic carbocycles. The van der Waals surface area contributed by atoms with E-state index in [1.54, 1.807) is 6.20 Å². The molecule has 0 spiro atoms. The van der Waals surface area contributed by atoms with E-state index < -0.39 is 11.8 Å². The number of para-hydroxylation sites is 1. The molecule has 2 N–H and O–H groups in total. The normalized spacial score (nSPS) is 15.7. The molecule has 2 amide bonds. The standard InChI is InChI=1S/C24H14N2O4/c27-23-21(16-11-25-17-8-4-3-7-15(16)17)22(24(28)26-23)20-12-29-18-9-13-5-1-2-6-14(13)10-19(18)30-20/h1-12,25H,(H,26,27,28). The van der Waals surface area contributed by atoms with Crippen LogP contribution in [-0.2, 0) is 9.59 Å². The van der Waals surface area contributed by atoms with Gasteiger partial charge >= 0.3 is 0 Å². The van der Waals surface area contributed by atoms with E-state index in [0.29, 0.717) is 17.1 Å². The van der Waals surface area contributed by atoms with Gasteiger partial charge < -0.3 is 14.5 Å². The molecule has 3 heterocycles. The van der Waals surface area contributed by atoms with Gasteiger partial charge in [-0.15, -0.1) is 0 Å².